The molecule has 0 bridgehead atoms. The first kappa shape index (κ1) is 20.7. The molecule has 0 saturated heterocycles. The first-order valence-electron chi connectivity index (χ1n) is 9.34. The van der Waals surface area contributed by atoms with Crippen LogP contribution in [-0.2, 0) is 4.79 Å². The fraction of sp³-hybridized carbons (Fsp3) is 0.120. The lowest BCUT2D eigenvalue weighted by molar-refractivity contribution is -0.136. The van der Waals surface area contributed by atoms with Crippen molar-refractivity contribution >= 4 is 17.6 Å². The standard InChI is InChI=1S/C25H21NO4/c1-18-8-11-22(12-9-18)29-17-25(27)30-23-13-10-19(15-24(23)28-2)14-21(16-26)20-6-4-3-5-7-20/h3-15H,17H2,1-2H3/b21-14+. The van der Waals surface area contributed by atoms with Gasteiger partial charge < -0.3 is 14.2 Å². The summed E-state index contributed by atoms with van der Waals surface area (Å²) in [7, 11) is 1.49. The van der Waals surface area contributed by atoms with Crippen LogP contribution in [-0.4, -0.2) is 19.7 Å². The molecule has 0 unspecified atom stereocenters. The smallest absolute Gasteiger partial charge is 0.349 e. The van der Waals surface area contributed by atoms with Gasteiger partial charge in [-0.25, -0.2) is 4.79 Å². The molecule has 0 heterocycles. The van der Waals surface area contributed by atoms with Gasteiger partial charge >= 0.3 is 5.97 Å². The van der Waals surface area contributed by atoms with Crippen molar-refractivity contribution in [2.75, 3.05) is 13.7 Å². The molecule has 0 aromatic heterocycles. The van der Waals surface area contributed by atoms with Crippen LogP contribution in [0.15, 0.2) is 72.8 Å². The summed E-state index contributed by atoms with van der Waals surface area (Å²) in [6.07, 6.45) is 1.75. The zero-order valence-electron chi connectivity index (χ0n) is 16.8. The van der Waals surface area contributed by atoms with Gasteiger partial charge in [0.25, 0.3) is 0 Å². The Kier molecular flexibility index (Phi) is 6.86. The van der Waals surface area contributed by atoms with Gasteiger partial charge in [-0.3, -0.25) is 0 Å². The number of carbonyl (C=O) groups is 1. The van der Waals surface area contributed by atoms with E-state index in [-0.39, 0.29) is 12.4 Å². The number of nitrogens with zero attached hydrogens (tertiary/aromatic N) is 1. The molecule has 0 amide bonds. The molecule has 3 aromatic rings. The van der Waals surface area contributed by atoms with E-state index in [0.29, 0.717) is 17.1 Å². The molecule has 0 aliphatic heterocycles. The van der Waals surface area contributed by atoms with Crippen molar-refractivity contribution < 1.29 is 19.0 Å². The fourth-order valence-electron chi connectivity index (χ4n) is 2.75. The highest BCUT2D eigenvalue weighted by molar-refractivity contribution is 5.89. The molecule has 0 aliphatic rings. The molecule has 0 fully saturated rings. The van der Waals surface area contributed by atoms with Gasteiger partial charge in [0.2, 0.25) is 0 Å². The number of ether oxygens (including phenoxy) is 3. The second-order valence-electron chi connectivity index (χ2n) is 6.52. The number of methoxy groups -OCH3 is 1. The Balaban J connectivity index is 1.70. The Morgan fingerprint density at radius 2 is 1.73 bits per heavy atom. The molecule has 5 nitrogen and oxygen atoms in total. The van der Waals surface area contributed by atoms with Crippen molar-refractivity contribution in [2.45, 2.75) is 6.92 Å². The predicted octanol–water partition coefficient (Wildman–Crippen LogP) is 5.05. The Hall–Kier alpha value is -4.04. The van der Waals surface area contributed by atoms with Gasteiger partial charge in [-0.05, 0) is 48.4 Å². The molecule has 0 aliphatic carbocycles. The molecule has 30 heavy (non-hydrogen) atoms. The molecule has 150 valence electrons. The summed E-state index contributed by atoms with van der Waals surface area (Å²) >= 11 is 0. The maximum Gasteiger partial charge on any atom is 0.349 e. The van der Waals surface area contributed by atoms with Gasteiger partial charge in [-0.2, -0.15) is 5.26 Å². The van der Waals surface area contributed by atoms with Gasteiger partial charge in [-0.15, -0.1) is 0 Å². The van der Waals surface area contributed by atoms with Gasteiger partial charge in [-0.1, -0.05) is 54.1 Å². The van der Waals surface area contributed by atoms with Crippen LogP contribution in [0.25, 0.3) is 11.6 Å². The summed E-state index contributed by atoms with van der Waals surface area (Å²) in [5.74, 6) is 0.720. The fourth-order valence-corrected chi connectivity index (χ4v) is 2.75. The predicted molar refractivity (Wildman–Crippen MR) is 115 cm³/mol. The normalized spacial score (nSPS) is 10.8. The monoisotopic (exact) mass is 399 g/mol. The number of hydrogen-bond acceptors (Lipinski definition) is 5. The Labute approximate surface area is 175 Å². The molecule has 5 heteroatoms. The van der Waals surface area contributed by atoms with Gasteiger partial charge in [0.15, 0.2) is 18.1 Å². The number of aryl methyl sites for hydroxylation is 1. The van der Waals surface area contributed by atoms with Gasteiger partial charge in [0.1, 0.15) is 5.75 Å². The van der Waals surface area contributed by atoms with E-state index in [9.17, 15) is 10.1 Å². The van der Waals surface area contributed by atoms with E-state index in [1.807, 2.05) is 49.4 Å². The third-order valence-electron chi connectivity index (χ3n) is 4.31. The summed E-state index contributed by atoms with van der Waals surface area (Å²) in [5, 5.41) is 9.48. The van der Waals surface area contributed by atoms with Crippen LogP contribution in [0.2, 0.25) is 0 Å². The average Bonchev–Trinajstić information content (AvgIpc) is 2.78. The quantitative estimate of drug-likeness (QED) is 0.241. The topological polar surface area (TPSA) is 68.5 Å². The number of carbonyl (C=O) groups excluding carboxylic acids is 1. The largest absolute Gasteiger partial charge is 0.493 e. The zero-order chi connectivity index (χ0) is 21.3. The highest BCUT2D eigenvalue weighted by Crippen LogP contribution is 2.30. The molecule has 0 N–H and O–H groups in total. The summed E-state index contributed by atoms with van der Waals surface area (Å²) in [6.45, 7) is 1.75. The minimum Gasteiger partial charge on any atom is -0.493 e. The van der Waals surface area contributed by atoms with Crippen LogP contribution in [0, 0.1) is 18.3 Å². The first-order chi connectivity index (χ1) is 14.6. The maximum absolute atomic E-state index is 12.2. The third kappa shape index (κ3) is 5.49. The van der Waals surface area contributed by atoms with Gasteiger partial charge in [0.05, 0.1) is 18.8 Å². The molecule has 3 rings (SSSR count). The van der Waals surface area contributed by atoms with Crippen molar-refractivity contribution in [3.8, 4) is 23.3 Å². The third-order valence-corrected chi connectivity index (χ3v) is 4.31. The van der Waals surface area contributed by atoms with E-state index in [1.165, 1.54) is 7.11 Å². The van der Waals surface area contributed by atoms with E-state index in [2.05, 4.69) is 6.07 Å². The number of rotatable bonds is 7. The second-order valence-corrected chi connectivity index (χ2v) is 6.52. The van der Waals surface area contributed by atoms with E-state index < -0.39 is 5.97 Å². The van der Waals surface area contributed by atoms with E-state index >= 15 is 0 Å². The molecule has 0 saturated carbocycles. The van der Waals surface area contributed by atoms with Crippen molar-refractivity contribution in [1.82, 2.24) is 0 Å². The maximum atomic E-state index is 12.2. The van der Waals surface area contributed by atoms with E-state index in [4.69, 9.17) is 14.2 Å². The highest BCUT2D eigenvalue weighted by Gasteiger charge is 2.12. The van der Waals surface area contributed by atoms with Crippen LogP contribution in [0.3, 0.4) is 0 Å². The Morgan fingerprint density at radius 1 is 1.00 bits per heavy atom. The zero-order valence-corrected chi connectivity index (χ0v) is 16.8. The molecular formula is C25H21NO4. The van der Waals surface area contributed by atoms with Crippen LogP contribution < -0.4 is 14.2 Å². The van der Waals surface area contributed by atoms with E-state index in [1.54, 1.807) is 36.4 Å². The molecule has 0 radical (unpaired) electrons. The minimum atomic E-state index is -0.542. The molecule has 0 spiro atoms. The number of esters is 1. The molecule has 0 atom stereocenters. The van der Waals surface area contributed by atoms with Crippen molar-refractivity contribution in [3.63, 3.8) is 0 Å². The van der Waals surface area contributed by atoms with Crippen LogP contribution in [0.4, 0.5) is 0 Å². The Morgan fingerprint density at radius 3 is 2.40 bits per heavy atom. The van der Waals surface area contributed by atoms with Crippen molar-refractivity contribution in [3.05, 3.63) is 89.5 Å². The number of hydrogen-bond donors (Lipinski definition) is 0. The van der Waals surface area contributed by atoms with Crippen molar-refractivity contribution in [2.24, 2.45) is 0 Å². The summed E-state index contributed by atoms with van der Waals surface area (Å²) < 4.78 is 16.2. The average molecular weight is 399 g/mol. The van der Waals surface area contributed by atoms with Crippen LogP contribution in [0.1, 0.15) is 16.7 Å². The van der Waals surface area contributed by atoms with Gasteiger partial charge in [0, 0.05) is 0 Å². The summed E-state index contributed by atoms with van der Waals surface area (Å²) in [4.78, 5) is 12.2. The van der Waals surface area contributed by atoms with Crippen molar-refractivity contribution in [1.29, 1.82) is 5.26 Å². The lowest BCUT2D eigenvalue weighted by atomic mass is 10.0. The molecule has 3 aromatic carbocycles. The SMILES string of the molecule is COc1cc(/C=C(\C#N)c2ccccc2)ccc1OC(=O)COc1ccc(C)cc1. The number of allylic oxidation sites excluding steroid dienone is 1. The number of nitriles is 1. The minimum absolute atomic E-state index is 0.222. The van der Waals surface area contributed by atoms with E-state index in [0.717, 1.165) is 16.7 Å². The Bertz CT molecular complexity index is 1080. The lowest BCUT2D eigenvalue weighted by Crippen LogP contribution is -2.18. The van der Waals surface area contributed by atoms with Crippen LogP contribution >= 0.6 is 0 Å². The molecular weight excluding hydrogens is 378 g/mol. The lowest BCUT2D eigenvalue weighted by Gasteiger charge is -2.11. The summed E-state index contributed by atoms with van der Waals surface area (Å²) in [6, 6.07) is 24.1. The van der Waals surface area contributed by atoms with Crippen LogP contribution in [0.5, 0.6) is 17.2 Å². The first-order valence-corrected chi connectivity index (χ1v) is 9.34. The highest BCUT2D eigenvalue weighted by atomic mass is 16.6. The number of benzene rings is 3. The summed E-state index contributed by atoms with van der Waals surface area (Å²) in [5.41, 5.74) is 3.20. The second kappa shape index (κ2) is 9.94.